The van der Waals surface area contributed by atoms with Crippen molar-refractivity contribution in [2.24, 2.45) is 5.92 Å². The molecule has 5 heteroatoms. The van der Waals surface area contributed by atoms with Gasteiger partial charge >= 0.3 is 5.97 Å². The lowest BCUT2D eigenvalue weighted by Crippen LogP contribution is -2.45. The number of nitrogens with zero attached hydrogens (tertiary/aromatic N) is 2. The Morgan fingerprint density at radius 2 is 1.92 bits per heavy atom. The van der Waals surface area contributed by atoms with Crippen LogP contribution in [0.25, 0.3) is 5.57 Å². The van der Waals surface area contributed by atoms with Crippen LogP contribution in [0.3, 0.4) is 0 Å². The van der Waals surface area contributed by atoms with Crippen molar-refractivity contribution in [3.8, 4) is 0 Å². The molecule has 126 valence electrons. The minimum absolute atomic E-state index is 0.103. The van der Waals surface area contributed by atoms with Gasteiger partial charge in [0.1, 0.15) is 0 Å². The van der Waals surface area contributed by atoms with Gasteiger partial charge in [-0.05, 0) is 42.2 Å². The second-order valence-electron chi connectivity index (χ2n) is 6.48. The Morgan fingerprint density at radius 3 is 2.60 bits per heavy atom. The second kappa shape index (κ2) is 6.16. The molecular formula is C20H18N2O3. The lowest BCUT2D eigenvalue weighted by atomic mass is 9.94. The first-order chi connectivity index (χ1) is 12.2. The van der Waals surface area contributed by atoms with Crippen LogP contribution in [-0.2, 0) is 4.79 Å². The molecule has 0 spiro atoms. The molecule has 25 heavy (non-hydrogen) atoms. The lowest BCUT2D eigenvalue weighted by molar-refractivity contribution is -0.142. The first kappa shape index (κ1) is 15.6. The zero-order chi connectivity index (χ0) is 17.4. The van der Waals surface area contributed by atoms with Crippen molar-refractivity contribution in [2.75, 3.05) is 0 Å². The molecule has 1 amide bonds. The van der Waals surface area contributed by atoms with Crippen LogP contribution < -0.4 is 0 Å². The second-order valence-corrected chi connectivity index (χ2v) is 6.48. The van der Waals surface area contributed by atoms with Crippen molar-refractivity contribution in [2.45, 2.75) is 24.9 Å². The van der Waals surface area contributed by atoms with Gasteiger partial charge in [0.05, 0.1) is 12.0 Å². The van der Waals surface area contributed by atoms with E-state index in [-0.39, 0.29) is 18.0 Å². The molecule has 2 bridgehead atoms. The van der Waals surface area contributed by atoms with Crippen LogP contribution in [-0.4, -0.2) is 39.0 Å². The van der Waals surface area contributed by atoms with Crippen LogP contribution in [0.4, 0.5) is 0 Å². The summed E-state index contributed by atoms with van der Waals surface area (Å²) in [6.45, 7) is 0. The number of fused-ring (bicyclic) bond motifs is 2. The SMILES string of the molecule is O=C(O)[C@@H]1C[C@H]2C(c3cccnc3)=CC[C@H]1N2C(=O)c1ccccc1. The van der Waals surface area contributed by atoms with Gasteiger partial charge in [-0.25, -0.2) is 0 Å². The van der Waals surface area contributed by atoms with E-state index in [0.29, 0.717) is 18.4 Å². The maximum Gasteiger partial charge on any atom is 0.308 e. The van der Waals surface area contributed by atoms with E-state index in [4.69, 9.17) is 0 Å². The van der Waals surface area contributed by atoms with Crippen molar-refractivity contribution in [1.29, 1.82) is 0 Å². The molecule has 3 heterocycles. The van der Waals surface area contributed by atoms with E-state index < -0.39 is 11.9 Å². The number of aliphatic carboxylic acids is 1. The Morgan fingerprint density at radius 1 is 1.12 bits per heavy atom. The molecule has 5 nitrogen and oxygen atoms in total. The summed E-state index contributed by atoms with van der Waals surface area (Å²) in [7, 11) is 0. The topological polar surface area (TPSA) is 70.5 Å². The van der Waals surface area contributed by atoms with Gasteiger partial charge in [-0.15, -0.1) is 0 Å². The number of pyridine rings is 1. The molecule has 1 aromatic heterocycles. The van der Waals surface area contributed by atoms with Gasteiger partial charge < -0.3 is 10.0 Å². The third-order valence-electron chi connectivity index (χ3n) is 5.14. The number of aromatic nitrogens is 1. The van der Waals surface area contributed by atoms with Crippen LogP contribution in [0.15, 0.2) is 60.9 Å². The maximum absolute atomic E-state index is 13.1. The highest BCUT2D eigenvalue weighted by atomic mass is 16.4. The molecule has 2 aliphatic heterocycles. The third-order valence-corrected chi connectivity index (χ3v) is 5.14. The summed E-state index contributed by atoms with van der Waals surface area (Å²) in [5.74, 6) is -1.48. The molecule has 1 fully saturated rings. The predicted molar refractivity (Wildman–Crippen MR) is 92.8 cm³/mol. The molecule has 1 saturated heterocycles. The number of carboxylic acid groups (broad SMARTS) is 1. The number of amides is 1. The average molecular weight is 334 g/mol. The van der Waals surface area contributed by atoms with Gasteiger partial charge in [0, 0.05) is 24.0 Å². The number of benzene rings is 1. The van der Waals surface area contributed by atoms with Crippen molar-refractivity contribution in [3.63, 3.8) is 0 Å². The monoisotopic (exact) mass is 334 g/mol. The molecule has 0 radical (unpaired) electrons. The first-order valence-corrected chi connectivity index (χ1v) is 8.38. The molecule has 2 aromatic rings. The summed E-state index contributed by atoms with van der Waals surface area (Å²) in [5.41, 5.74) is 2.54. The van der Waals surface area contributed by atoms with Crippen LogP contribution in [0.2, 0.25) is 0 Å². The molecule has 0 saturated carbocycles. The van der Waals surface area contributed by atoms with Gasteiger partial charge in [-0.1, -0.05) is 30.3 Å². The highest BCUT2D eigenvalue weighted by Crippen LogP contribution is 2.44. The van der Waals surface area contributed by atoms with Crippen molar-refractivity contribution >= 4 is 17.4 Å². The zero-order valence-electron chi connectivity index (χ0n) is 13.6. The number of hydrogen-bond acceptors (Lipinski definition) is 3. The Bertz CT molecular complexity index is 833. The van der Waals surface area contributed by atoms with E-state index in [1.54, 1.807) is 29.4 Å². The van der Waals surface area contributed by atoms with Gasteiger partial charge in [0.15, 0.2) is 0 Å². The fourth-order valence-corrected chi connectivity index (χ4v) is 4.01. The third kappa shape index (κ3) is 2.61. The minimum atomic E-state index is -0.834. The largest absolute Gasteiger partial charge is 0.481 e. The summed E-state index contributed by atoms with van der Waals surface area (Å²) in [5, 5.41) is 9.61. The normalized spacial score (nSPS) is 24.7. The molecule has 0 unspecified atom stereocenters. The van der Waals surface area contributed by atoms with Crippen LogP contribution in [0.5, 0.6) is 0 Å². The highest BCUT2D eigenvalue weighted by molar-refractivity contribution is 5.97. The predicted octanol–water partition coefficient (Wildman–Crippen LogP) is 2.85. The fourth-order valence-electron chi connectivity index (χ4n) is 4.01. The van der Waals surface area contributed by atoms with Gasteiger partial charge in [-0.2, -0.15) is 0 Å². The molecule has 4 rings (SSSR count). The van der Waals surface area contributed by atoms with E-state index in [2.05, 4.69) is 11.1 Å². The number of carbonyl (C=O) groups is 2. The van der Waals surface area contributed by atoms with E-state index in [0.717, 1.165) is 11.1 Å². The van der Waals surface area contributed by atoms with E-state index in [1.165, 1.54) is 0 Å². The van der Waals surface area contributed by atoms with Crippen molar-refractivity contribution in [1.82, 2.24) is 9.88 Å². The van der Waals surface area contributed by atoms with Crippen molar-refractivity contribution < 1.29 is 14.7 Å². The first-order valence-electron chi connectivity index (χ1n) is 8.38. The summed E-state index contributed by atoms with van der Waals surface area (Å²) < 4.78 is 0. The Kier molecular flexibility index (Phi) is 3.84. The number of carbonyl (C=O) groups excluding carboxylic acids is 1. The molecule has 1 N–H and O–H groups in total. The standard InChI is InChI=1S/C20H18N2O3/c23-19(13-5-2-1-3-6-13)22-17-9-8-15(14-7-4-10-21-12-14)18(22)11-16(17)20(24)25/h1-8,10,12,16-18H,9,11H2,(H,24,25)/t16-,17-,18+/m1/s1. The fraction of sp³-hybridized carbons (Fsp3) is 0.250. The van der Waals surface area contributed by atoms with Gasteiger partial charge in [0.2, 0.25) is 0 Å². The quantitative estimate of drug-likeness (QED) is 0.937. The maximum atomic E-state index is 13.1. The highest BCUT2D eigenvalue weighted by Gasteiger charge is 2.50. The molecule has 0 aliphatic carbocycles. The van der Waals surface area contributed by atoms with Crippen LogP contribution in [0.1, 0.15) is 28.8 Å². The van der Waals surface area contributed by atoms with Crippen LogP contribution in [0, 0.1) is 5.92 Å². The summed E-state index contributed by atoms with van der Waals surface area (Å²) in [4.78, 5) is 30.8. The average Bonchev–Trinajstić information content (AvgIpc) is 2.92. The molecule has 3 atom stereocenters. The van der Waals surface area contributed by atoms with Gasteiger partial charge in [-0.3, -0.25) is 14.6 Å². The Balaban J connectivity index is 1.74. The summed E-state index contributed by atoms with van der Waals surface area (Å²) >= 11 is 0. The van der Waals surface area contributed by atoms with Crippen molar-refractivity contribution in [3.05, 3.63) is 72.1 Å². The summed E-state index contributed by atoms with van der Waals surface area (Å²) in [6.07, 6.45) is 6.54. The summed E-state index contributed by atoms with van der Waals surface area (Å²) in [6, 6.07) is 12.4. The Hall–Kier alpha value is -2.95. The van der Waals surface area contributed by atoms with Gasteiger partial charge in [0.25, 0.3) is 5.91 Å². The number of carboxylic acids is 1. The number of rotatable bonds is 3. The van der Waals surface area contributed by atoms with Crippen LogP contribution >= 0.6 is 0 Å². The number of hydrogen-bond donors (Lipinski definition) is 1. The smallest absolute Gasteiger partial charge is 0.308 e. The lowest BCUT2D eigenvalue weighted by Gasteiger charge is -2.35. The molecule has 1 aromatic carbocycles. The molecule has 2 aliphatic rings. The Labute approximate surface area is 145 Å². The van der Waals surface area contributed by atoms with E-state index in [9.17, 15) is 14.7 Å². The van der Waals surface area contributed by atoms with E-state index in [1.807, 2.05) is 30.3 Å². The minimum Gasteiger partial charge on any atom is -0.481 e. The zero-order valence-corrected chi connectivity index (χ0v) is 13.6. The molecular weight excluding hydrogens is 316 g/mol. The van der Waals surface area contributed by atoms with E-state index >= 15 is 0 Å².